The maximum Gasteiger partial charge on any atom is 0.116 e. The molecule has 2 rings (SSSR count). The van der Waals surface area contributed by atoms with E-state index in [0.29, 0.717) is 5.92 Å². The summed E-state index contributed by atoms with van der Waals surface area (Å²) in [4.78, 5) is 2.27. The number of nitrogens with zero attached hydrogens (tertiary/aromatic N) is 2. The fraction of sp³-hybridized carbons (Fsp3) is 0.318. The third-order valence-corrected chi connectivity index (χ3v) is 4.31. The second-order valence-electron chi connectivity index (χ2n) is 6.36. The van der Waals surface area contributed by atoms with Crippen LogP contribution in [0.2, 0.25) is 0 Å². The number of hydrogen-bond donors (Lipinski definition) is 1. The van der Waals surface area contributed by atoms with Gasteiger partial charge in [-0.15, -0.1) is 0 Å². The van der Waals surface area contributed by atoms with Gasteiger partial charge in [-0.05, 0) is 36.5 Å². The Hall–Kier alpha value is -2.73. The number of nitrogens with one attached hydrogen (secondary N) is 1. The molecule has 130 valence electrons. The Morgan fingerprint density at radius 3 is 2.48 bits per heavy atom. The first-order valence-electron chi connectivity index (χ1n) is 8.88. The normalized spacial score (nSPS) is 12.3. The summed E-state index contributed by atoms with van der Waals surface area (Å²) in [5, 5.41) is 12.7. The molecule has 3 heteroatoms. The largest absolute Gasteiger partial charge is 0.357 e. The van der Waals surface area contributed by atoms with Crippen LogP contribution in [0.15, 0.2) is 66.5 Å². The molecule has 0 fully saturated rings. The molecule has 0 bridgehead atoms. The third-order valence-electron chi connectivity index (χ3n) is 4.31. The molecular weight excluding hydrogens is 306 g/mol. The van der Waals surface area contributed by atoms with Crippen molar-refractivity contribution in [2.24, 2.45) is 0 Å². The zero-order valence-corrected chi connectivity index (χ0v) is 15.4. The summed E-state index contributed by atoms with van der Waals surface area (Å²) >= 11 is 0. The van der Waals surface area contributed by atoms with Crippen LogP contribution in [-0.2, 0) is 0 Å². The number of rotatable bonds is 8. The quantitative estimate of drug-likeness (QED) is 0.667. The Morgan fingerprint density at radius 1 is 1.16 bits per heavy atom. The van der Waals surface area contributed by atoms with Crippen LogP contribution in [0.4, 0.5) is 5.69 Å². The highest BCUT2D eigenvalue weighted by atomic mass is 15.2. The second-order valence-corrected chi connectivity index (χ2v) is 6.36. The highest BCUT2D eigenvalue weighted by Crippen LogP contribution is 2.22. The molecule has 1 atom stereocenters. The fourth-order valence-electron chi connectivity index (χ4n) is 2.92. The maximum absolute atomic E-state index is 9.26. The lowest BCUT2D eigenvalue weighted by Gasteiger charge is -2.30. The van der Waals surface area contributed by atoms with Crippen molar-refractivity contribution in [2.75, 3.05) is 18.4 Å². The Labute approximate surface area is 151 Å². The molecule has 0 aromatic heterocycles. The van der Waals surface area contributed by atoms with Crippen LogP contribution in [0.5, 0.6) is 0 Å². The molecule has 1 N–H and O–H groups in total. The van der Waals surface area contributed by atoms with Crippen molar-refractivity contribution >= 4 is 5.69 Å². The van der Waals surface area contributed by atoms with Crippen molar-refractivity contribution in [3.63, 3.8) is 0 Å². The Bertz CT molecular complexity index is 728. The van der Waals surface area contributed by atoms with Crippen LogP contribution in [0.3, 0.4) is 0 Å². The molecule has 0 aliphatic heterocycles. The van der Waals surface area contributed by atoms with Crippen LogP contribution in [-0.4, -0.2) is 18.0 Å². The Kier molecular flexibility index (Phi) is 7.10. The number of hydrogen-bond acceptors (Lipinski definition) is 3. The number of para-hydroxylation sites is 1. The molecular formula is C22H27N3. The van der Waals surface area contributed by atoms with E-state index in [1.165, 1.54) is 11.1 Å². The summed E-state index contributed by atoms with van der Waals surface area (Å²) in [6.45, 7) is 8.24. The molecule has 0 aliphatic rings. The monoisotopic (exact) mass is 333 g/mol. The maximum atomic E-state index is 9.26. The first kappa shape index (κ1) is 18.6. The summed E-state index contributed by atoms with van der Waals surface area (Å²) in [7, 11) is 0. The van der Waals surface area contributed by atoms with Crippen molar-refractivity contribution in [1.29, 1.82) is 5.26 Å². The van der Waals surface area contributed by atoms with Crippen LogP contribution < -0.4 is 5.32 Å². The molecule has 25 heavy (non-hydrogen) atoms. The molecule has 0 saturated carbocycles. The van der Waals surface area contributed by atoms with Crippen LogP contribution in [0.1, 0.15) is 37.3 Å². The lowest BCUT2D eigenvalue weighted by molar-refractivity contribution is 0.330. The SMILES string of the molecule is CCCN(CC(C)c1ccccc1)/C(=C\C#N)Nc1ccccc1C. The first-order chi connectivity index (χ1) is 12.2. The summed E-state index contributed by atoms with van der Waals surface area (Å²) in [6, 6.07) is 20.9. The Morgan fingerprint density at radius 2 is 1.84 bits per heavy atom. The molecule has 2 aromatic rings. The molecule has 0 spiro atoms. The zero-order chi connectivity index (χ0) is 18.1. The van der Waals surface area contributed by atoms with Gasteiger partial charge in [0.1, 0.15) is 5.82 Å². The lowest BCUT2D eigenvalue weighted by atomic mass is 10.0. The van der Waals surface area contributed by atoms with Gasteiger partial charge >= 0.3 is 0 Å². The van der Waals surface area contributed by atoms with E-state index >= 15 is 0 Å². The average Bonchev–Trinajstić information content (AvgIpc) is 2.63. The topological polar surface area (TPSA) is 39.1 Å². The van der Waals surface area contributed by atoms with E-state index in [1.807, 2.05) is 24.3 Å². The molecule has 3 nitrogen and oxygen atoms in total. The number of allylic oxidation sites excluding steroid dienone is 1. The molecule has 1 unspecified atom stereocenters. The van der Waals surface area contributed by atoms with Gasteiger partial charge in [0, 0.05) is 18.8 Å². The highest BCUT2D eigenvalue weighted by molar-refractivity contribution is 5.54. The summed E-state index contributed by atoms with van der Waals surface area (Å²) in [5.74, 6) is 1.25. The van der Waals surface area contributed by atoms with E-state index in [9.17, 15) is 5.26 Å². The van der Waals surface area contributed by atoms with Gasteiger partial charge in [-0.3, -0.25) is 0 Å². The lowest BCUT2D eigenvalue weighted by Crippen LogP contribution is -2.31. The minimum absolute atomic E-state index is 0.383. The van der Waals surface area contributed by atoms with Crippen molar-refractivity contribution in [2.45, 2.75) is 33.1 Å². The number of anilines is 1. The van der Waals surface area contributed by atoms with Crippen molar-refractivity contribution in [1.82, 2.24) is 4.90 Å². The smallest absolute Gasteiger partial charge is 0.116 e. The second kappa shape index (κ2) is 9.54. The molecule has 0 aliphatic carbocycles. The van der Waals surface area contributed by atoms with Gasteiger partial charge in [0.05, 0.1) is 12.1 Å². The van der Waals surface area contributed by atoms with Crippen LogP contribution in [0.25, 0.3) is 0 Å². The van der Waals surface area contributed by atoms with Gasteiger partial charge in [0.2, 0.25) is 0 Å². The summed E-state index contributed by atoms with van der Waals surface area (Å²) in [6.07, 6.45) is 2.64. The minimum atomic E-state index is 0.383. The predicted molar refractivity (Wildman–Crippen MR) is 105 cm³/mol. The highest BCUT2D eigenvalue weighted by Gasteiger charge is 2.15. The molecule has 0 amide bonds. The predicted octanol–water partition coefficient (Wildman–Crippen LogP) is 5.29. The summed E-state index contributed by atoms with van der Waals surface area (Å²) in [5.41, 5.74) is 3.52. The van der Waals surface area contributed by atoms with E-state index in [2.05, 4.69) is 67.4 Å². The van der Waals surface area contributed by atoms with Crippen LogP contribution >= 0.6 is 0 Å². The summed E-state index contributed by atoms with van der Waals surface area (Å²) < 4.78 is 0. The number of nitriles is 1. The molecule has 0 radical (unpaired) electrons. The van der Waals surface area contributed by atoms with E-state index in [-0.39, 0.29) is 0 Å². The fourth-order valence-corrected chi connectivity index (χ4v) is 2.92. The number of benzene rings is 2. The van der Waals surface area contributed by atoms with Crippen LogP contribution in [0, 0.1) is 18.3 Å². The van der Waals surface area contributed by atoms with Gasteiger partial charge in [0.15, 0.2) is 0 Å². The Balaban J connectivity index is 2.21. The number of aryl methyl sites for hydroxylation is 1. The van der Waals surface area contributed by atoms with E-state index < -0.39 is 0 Å². The first-order valence-corrected chi connectivity index (χ1v) is 8.88. The van der Waals surface area contributed by atoms with Crippen molar-refractivity contribution in [3.8, 4) is 6.07 Å². The standard InChI is InChI=1S/C22H27N3/c1-4-16-25(17-19(3)20-11-6-5-7-12-20)22(14-15-23)24-21-13-9-8-10-18(21)2/h5-14,19,24H,4,16-17H2,1-3H3/b22-14-. The van der Waals surface area contributed by atoms with Gasteiger partial charge in [0.25, 0.3) is 0 Å². The molecule has 0 heterocycles. The van der Waals surface area contributed by atoms with Gasteiger partial charge in [-0.25, -0.2) is 0 Å². The van der Waals surface area contributed by atoms with E-state index in [0.717, 1.165) is 31.0 Å². The van der Waals surface area contributed by atoms with Crippen molar-refractivity contribution in [3.05, 3.63) is 77.6 Å². The average molecular weight is 333 g/mol. The van der Waals surface area contributed by atoms with Gasteiger partial charge in [-0.1, -0.05) is 62.4 Å². The molecule has 0 saturated heterocycles. The van der Waals surface area contributed by atoms with E-state index in [1.54, 1.807) is 6.08 Å². The third kappa shape index (κ3) is 5.39. The van der Waals surface area contributed by atoms with Gasteiger partial charge < -0.3 is 10.2 Å². The van der Waals surface area contributed by atoms with E-state index in [4.69, 9.17) is 0 Å². The van der Waals surface area contributed by atoms with Gasteiger partial charge in [-0.2, -0.15) is 5.26 Å². The molecule has 2 aromatic carbocycles. The minimum Gasteiger partial charge on any atom is -0.357 e. The van der Waals surface area contributed by atoms with Crippen molar-refractivity contribution < 1.29 is 0 Å². The zero-order valence-electron chi connectivity index (χ0n) is 15.4.